The Morgan fingerprint density at radius 1 is 1.27 bits per heavy atom. The Kier molecular flexibility index (Phi) is 3.29. The Balaban J connectivity index is 1.42. The summed E-state index contributed by atoms with van der Waals surface area (Å²) in [7, 11) is 0. The molecule has 0 atom stereocenters. The van der Waals surface area contributed by atoms with E-state index in [2.05, 4.69) is 20.3 Å². The highest BCUT2D eigenvalue weighted by molar-refractivity contribution is 6.30. The van der Waals surface area contributed by atoms with Gasteiger partial charge in [0.1, 0.15) is 0 Å². The van der Waals surface area contributed by atoms with Crippen molar-refractivity contribution in [2.45, 2.75) is 13.1 Å². The number of aromatic nitrogens is 6. The number of hydrogen-bond acceptors (Lipinski definition) is 6. The molecule has 0 saturated heterocycles. The summed E-state index contributed by atoms with van der Waals surface area (Å²) in [4.78, 5) is 18.7. The molecule has 1 aliphatic heterocycles. The Bertz CT molecular complexity index is 1120. The van der Waals surface area contributed by atoms with E-state index in [1.54, 1.807) is 29.5 Å². The lowest BCUT2D eigenvalue weighted by Crippen LogP contribution is -2.38. The molecular weight excluding hydrogens is 358 g/mol. The van der Waals surface area contributed by atoms with Crippen LogP contribution in [0.4, 0.5) is 0 Å². The zero-order valence-corrected chi connectivity index (χ0v) is 14.2. The highest BCUT2D eigenvalue weighted by Gasteiger charge is 2.27. The molecule has 0 aromatic carbocycles. The SMILES string of the molecule is O=C(c1cc2ncc(Cl)cn2n1)N1CCn2c(nnc2-c2ccco2)C1. The van der Waals surface area contributed by atoms with E-state index in [1.807, 2.05) is 10.6 Å². The average Bonchev–Trinajstić information content (AvgIpc) is 3.38. The van der Waals surface area contributed by atoms with E-state index in [0.29, 0.717) is 53.4 Å². The van der Waals surface area contributed by atoms with Gasteiger partial charge in [0.2, 0.25) is 0 Å². The van der Waals surface area contributed by atoms with Gasteiger partial charge in [-0.3, -0.25) is 4.79 Å². The molecule has 0 unspecified atom stereocenters. The van der Waals surface area contributed by atoms with E-state index in [9.17, 15) is 4.79 Å². The summed E-state index contributed by atoms with van der Waals surface area (Å²) >= 11 is 5.91. The summed E-state index contributed by atoms with van der Waals surface area (Å²) in [6.07, 6.45) is 4.73. The molecule has 1 amide bonds. The number of hydrogen-bond donors (Lipinski definition) is 0. The van der Waals surface area contributed by atoms with Gasteiger partial charge in [-0.2, -0.15) is 5.10 Å². The normalized spacial score (nSPS) is 14.0. The Morgan fingerprint density at radius 3 is 3.04 bits per heavy atom. The van der Waals surface area contributed by atoms with Gasteiger partial charge < -0.3 is 13.9 Å². The second-order valence-corrected chi connectivity index (χ2v) is 6.34. The minimum absolute atomic E-state index is 0.180. The van der Waals surface area contributed by atoms with Crippen LogP contribution in [0.25, 0.3) is 17.2 Å². The van der Waals surface area contributed by atoms with Crippen molar-refractivity contribution < 1.29 is 9.21 Å². The van der Waals surface area contributed by atoms with Gasteiger partial charge in [-0.05, 0) is 12.1 Å². The van der Waals surface area contributed by atoms with Crippen molar-refractivity contribution in [3.63, 3.8) is 0 Å². The molecule has 4 aromatic heterocycles. The summed E-state index contributed by atoms with van der Waals surface area (Å²) in [6.45, 7) is 1.47. The number of amides is 1. The first-order valence-corrected chi connectivity index (χ1v) is 8.33. The predicted molar refractivity (Wildman–Crippen MR) is 90.5 cm³/mol. The molecule has 0 radical (unpaired) electrons. The number of halogens is 1. The summed E-state index contributed by atoms with van der Waals surface area (Å²) in [5, 5.41) is 13.1. The van der Waals surface area contributed by atoms with Crippen molar-refractivity contribution >= 4 is 23.2 Å². The summed E-state index contributed by atoms with van der Waals surface area (Å²) in [6, 6.07) is 5.29. The molecule has 0 N–H and O–H groups in total. The van der Waals surface area contributed by atoms with E-state index in [-0.39, 0.29) is 5.91 Å². The standard InChI is InChI=1S/C16H12ClN7O2/c17-10-7-18-13-6-11(21-24(13)8-10)16(25)22-3-4-23-14(9-22)19-20-15(23)12-2-1-5-26-12/h1-2,5-8H,3-4,9H2. The van der Waals surface area contributed by atoms with Crippen LogP contribution in [-0.4, -0.2) is 46.7 Å². The zero-order chi connectivity index (χ0) is 17.7. The van der Waals surface area contributed by atoms with Crippen molar-refractivity contribution in [1.29, 1.82) is 0 Å². The van der Waals surface area contributed by atoms with Crippen LogP contribution in [0.2, 0.25) is 5.02 Å². The number of carbonyl (C=O) groups excluding carboxylic acids is 1. The van der Waals surface area contributed by atoms with Crippen molar-refractivity contribution in [2.75, 3.05) is 6.54 Å². The lowest BCUT2D eigenvalue weighted by atomic mass is 10.3. The second-order valence-electron chi connectivity index (χ2n) is 5.90. The predicted octanol–water partition coefficient (Wildman–Crippen LogP) is 1.89. The van der Waals surface area contributed by atoms with Crippen LogP contribution in [0.3, 0.4) is 0 Å². The molecule has 26 heavy (non-hydrogen) atoms. The Hall–Kier alpha value is -3.20. The van der Waals surface area contributed by atoms with Gasteiger partial charge in [0, 0.05) is 25.4 Å². The first-order chi connectivity index (χ1) is 12.7. The van der Waals surface area contributed by atoms with Crippen LogP contribution in [-0.2, 0) is 13.1 Å². The van der Waals surface area contributed by atoms with Crippen LogP contribution >= 0.6 is 11.6 Å². The van der Waals surface area contributed by atoms with E-state index < -0.39 is 0 Å². The highest BCUT2D eigenvalue weighted by Crippen LogP contribution is 2.23. The van der Waals surface area contributed by atoms with Crippen LogP contribution in [0.1, 0.15) is 16.3 Å². The van der Waals surface area contributed by atoms with Crippen molar-refractivity contribution in [3.05, 3.63) is 53.4 Å². The van der Waals surface area contributed by atoms with Gasteiger partial charge in [0.05, 0.1) is 24.0 Å². The minimum atomic E-state index is -0.180. The molecule has 5 rings (SSSR count). The molecule has 0 aliphatic carbocycles. The quantitative estimate of drug-likeness (QED) is 0.535. The molecule has 0 spiro atoms. The van der Waals surface area contributed by atoms with Gasteiger partial charge in [-0.25, -0.2) is 9.50 Å². The Labute approximate surface area is 151 Å². The largest absolute Gasteiger partial charge is 0.461 e. The lowest BCUT2D eigenvalue weighted by molar-refractivity contribution is 0.0701. The van der Waals surface area contributed by atoms with Crippen molar-refractivity contribution in [3.8, 4) is 11.6 Å². The first kappa shape index (κ1) is 15.1. The van der Waals surface area contributed by atoms with E-state index in [1.165, 1.54) is 10.7 Å². The van der Waals surface area contributed by atoms with E-state index >= 15 is 0 Å². The topological polar surface area (TPSA) is 94.4 Å². The minimum Gasteiger partial charge on any atom is -0.461 e. The van der Waals surface area contributed by atoms with Gasteiger partial charge in [0.15, 0.2) is 28.8 Å². The maximum absolute atomic E-state index is 12.8. The molecule has 5 heterocycles. The van der Waals surface area contributed by atoms with E-state index in [0.717, 1.165) is 0 Å². The van der Waals surface area contributed by atoms with Gasteiger partial charge in [-0.15, -0.1) is 10.2 Å². The summed E-state index contributed by atoms with van der Waals surface area (Å²) in [5.41, 5.74) is 0.886. The number of carbonyl (C=O) groups is 1. The van der Waals surface area contributed by atoms with Crippen LogP contribution < -0.4 is 0 Å². The summed E-state index contributed by atoms with van der Waals surface area (Å²) in [5.74, 6) is 1.86. The summed E-state index contributed by atoms with van der Waals surface area (Å²) < 4.78 is 8.86. The highest BCUT2D eigenvalue weighted by atomic mass is 35.5. The first-order valence-electron chi connectivity index (χ1n) is 7.95. The molecule has 9 nitrogen and oxygen atoms in total. The third-order valence-electron chi connectivity index (χ3n) is 4.28. The fourth-order valence-corrected chi connectivity index (χ4v) is 3.18. The van der Waals surface area contributed by atoms with Crippen LogP contribution in [0, 0.1) is 0 Å². The molecule has 0 fully saturated rings. The number of fused-ring (bicyclic) bond motifs is 2. The van der Waals surface area contributed by atoms with Gasteiger partial charge in [0.25, 0.3) is 5.91 Å². The third-order valence-corrected chi connectivity index (χ3v) is 4.48. The fraction of sp³-hybridized carbons (Fsp3) is 0.188. The fourth-order valence-electron chi connectivity index (χ4n) is 3.04. The average molecular weight is 370 g/mol. The third kappa shape index (κ3) is 2.36. The Morgan fingerprint density at radius 2 is 2.19 bits per heavy atom. The molecule has 1 aliphatic rings. The molecule has 10 heteroatoms. The zero-order valence-electron chi connectivity index (χ0n) is 13.4. The van der Waals surface area contributed by atoms with Crippen molar-refractivity contribution in [1.82, 2.24) is 34.3 Å². The smallest absolute Gasteiger partial charge is 0.274 e. The monoisotopic (exact) mass is 369 g/mol. The van der Waals surface area contributed by atoms with Crippen LogP contribution in [0.15, 0.2) is 41.3 Å². The molecular formula is C16H12ClN7O2. The number of furan rings is 1. The molecule has 130 valence electrons. The molecule has 4 aromatic rings. The van der Waals surface area contributed by atoms with Crippen LogP contribution in [0.5, 0.6) is 0 Å². The van der Waals surface area contributed by atoms with E-state index in [4.69, 9.17) is 16.0 Å². The second kappa shape index (κ2) is 5.67. The number of nitrogens with zero attached hydrogens (tertiary/aromatic N) is 7. The lowest BCUT2D eigenvalue weighted by Gasteiger charge is -2.26. The number of rotatable bonds is 2. The maximum Gasteiger partial charge on any atom is 0.274 e. The van der Waals surface area contributed by atoms with Crippen molar-refractivity contribution in [2.24, 2.45) is 0 Å². The van der Waals surface area contributed by atoms with Gasteiger partial charge >= 0.3 is 0 Å². The van der Waals surface area contributed by atoms with Gasteiger partial charge in [-0.1, -0.05) is 11.6 Å². The molecule has 0 bridgehead atoms. The maximum atomic E-state index is 12.8. The molecule has 0 saturated carbocycles.